The van der Waals surface area contributed by atoms with E-state index in [0.717, 1.165) is 6.42 Å². The van der Waals surface area contributed by atoms with Crippen LogP contribution in [0.15, 0.2) is 0 Å². The van der Waals surface area contributed by atoms with E-state index in [1.54, 1.807) is 4.90 Å². The zero-order chi connectivity index (χ0) is 9.42. The Morgan fingerprint density at radius 3 is 3.15 bits per heavy atom. The standard InChI is InChI=1S/C8H11NO4/c10-7(11)3-5-1-2-9-4-6(5)13-8(9)12/h5-6H,1-4H2,(H,10,11)/t5-,6+/m1/s1. The number of carbonyl (C=O) groups is 2. The third-order valence-corrected chi connectivity index (χ3v) is 2.64. The van der Waals surface area contributed by atoms with Crippen molar-refractivity contribution in [1.82, 2.24) is 4.90 Å². The van der Waals surface area contributed by atoms with Crippen molar-refractivity contribution in [2.75, 3.05) is 13.1 Å². The van der Waals surface area contributed by atoms with Crippen LogP contribution >= 0.6 is 0 Å². The lowest BCUT2D eigenvalue weighted by molar-refractivity contribution is -0.139. The fourth-order valence-electron chi connectivity index (χ4n) is 1.93. The first-order chi connectivity index (χ1) is 6.16. The van der Waals surface area contributed by atoms with E-state index in [-0.39, 0.29) is 24.5 Å². The number of hydrogen-bond donors (Lipinski definition) is 1. The zero-order valence-corrected chi connectivity index (χ0v) is 7.10. The zero-order valence-electron chi connectivity index (χ0n) is 7.10. The second-order valence-electron chi connectivity index (χ2n) is 3.51. The molecule has 0 aromatic carbocycles. The predicted molar refractivity (Wildman–Crippen MR) is 42.2 cm³/mol. The highest BCUT2D eigenvalue weighted by Gasteiger charge is 2.41. The number of aliphatic carboxylic acids is 1. The van der Waals surface area contributed by atoms with Gasteiger partial charge in [0.05, 0.1) is 13.0 Å². The van der Waals surface area contributed by atoms with Crippen LogP contribution in [0.3, 0.4) is 0 Å². The van der Waals surface area contributed by atoms with Gasteiger partial charge in [0.2, 0.25) is 0 Å². The molecule has 1 N–H and O–H groups in total. The summed E-state index contributed by atoms with van der Waals surface area (Å²) in [5.74, 6) is -0.818. The molecule has 0 saturated carbocycles. The van der Waals surface area contributed by atoms with E-state index in [4.69, 9.17) is 9.84 Å². The first-order valence-corrected chi connectivity index (χ1v) is 4.34. The van der Waals surface area contributed by atoms with Crippen LogP contribution in [0.5, 0.6) is 0 Å². The number of amides is 1. The fourth-order valence-corrected chi connectivity index (χ4v) is 1.93. The number of fused-ring (bicyclic) bond motifs is 2. The minimum Gasteiger partial charge on any atom is -0.481 e. The molecule has 2 saturated heterocycles. The van der Waals surface area contributed by atoms with Crippen molar-refractivity contribution in [2.45, 2.75) is 18.9 Å². The first-order valence-electron chi connectivity index (χ1n) is 4.34. The molecule has 2 atom stereocenters. The number of carboxylic acids is 1. The van der Waals surface area contributed by atoms with Crippen LogP contribution in [0.1, 0.15) is 12.8 Å². The van der Waals surface area contributed by atoms with Gasteiger partial charge in [-0.15, -0.1) is 0 Å². The molecule has 5 heteroatoms. The Morgan fingerprint density at radius 2 is 2.46 bits per heavy atom. The minimum atomic E-state index is -0.818. The smallest absolute Gasteiger partial charge is 0.410 e. The molecule has 0 aliphatic carbocycles. The second-order valence-corrected chi connectivity index (χ2v) is 3.51. The Kier molecular flexibility index (Phi) is 1.86. The molecule has 2 fully saturated rings. The molecule has 13 heavy (non-hydrogen) atoms. The summed E-state index contributed by atoms with van der Waals surface area (Å²) < 4.78 is 5.02. The van der Waals surface area contributed by atoms with Crippen LogP contribution in [-0.4, -0.2) is 41.3 Å². The van der Waals surface area contributed by atoms with Gasteiger partial charge < -0.3 is 14.7 Å². The Balaban J connectivity index is 2.01. The quantitative estimate of drug-likeness (QED) is 0.672. The summed E-state index contributed by atoms with van der Waals surface area (Å²) in [6.07, 6.45) is 0.351. The van der Waals surface area contributed by atoms with E-state index < -0.39 is 5.97 Å². The maximum atomic E-state index is 11.0. The van der Waals surface area contributed by atoms with Crippen LogP contribution < -0.4 is 0 Å². The van der Waals surface area contributed by atoms with Crippen LogP contribution in [0, 0.1) is 5.92 Å². The van der Waals surface area contributed by atoms with Crippen molar-refractivity contribution >= 4 is 12.1 Å². The molecule has 72 valence electrons. The van der Waals surface area contributed by atoms with Crippen molar-refractivity contribution in [3.63, 3.8) is 0 Å². The molecule has 2 aliphatic rings. The van der Waals surface area contributed by atoms with Crippen molar-refractivity contribution in [3.05, 3.63) is 0 Å². The van der Waals surface area contributed by atoms with Crippen LogP contribution in [0.2, 0.25) is 0 Å². The van der Waals surface area contributed by atoms with E-state index in [0.29, 0.717) is 13.1 Å². The lowest BCUT2D eigenvalue weighted by atomic mass is 9.92. The van der Waals surface area contributed by atoms with Crippen molar-refractivity contribution < 1.29 is 19.4 Å². The summed E-state index contributed by atoms with van der Waals surface area (Å²) >= 11 is 0. The maximum absolute atomic E-state index is 11.0. The summed E-state index contributed by atoms with van der Waals surface area (Å²) in [5, 5.41) is 8.60. The molecular formula is C8H11NO4. The van der Waals surface area contributed by atoms with Crippen LogP contribution in [-0.2, 0) is 9.53 Å². The van der Waals surface area contributed by atoms with Gasteiger partial charge in [-0.2, -0.15) is 0 Å². The molecule has 0 radical (unpaired) electrons. The summed E-state index contributed by atoms with van der Waals surface area (Å²) in [7, 11) is 0. The monoisotopic (exact) mass is 185 g/mol. The molecule has 0 aromatic rings. The molecule has 2 bridgehead atoms. The molecule has 5 nitrogen and oxygen atoms in total. The normalized spacial score (nSPS) is 31.7. The molecule has 0 unspecified atom stereocenters. The number of carboxylic acid groups (broad SMARTS) is 1. The molecular weight excluding hydrogens is 174 g/mol. The molecule has 2 rings (SSSR count). The van der Waals surface area contributed by atoms with Crippen LogP contribution in [0.4, 0.5) is 4.79 Å². The SMILES string of the molecule is O=C(O)C[C@H]1CCN2C[C@@H]1OC2=O. The lowest BCUT2D eigenvalue weighted by Crippen LogP contribution is -2.37. The van der Waals surface area contributed by atoms with E-state index in [1.807, 2.05) is 0 Å². The van der Waals surface area contributed by atoms with E-state index in [1.165, 1.54) is 0 Å². The number of carbonyl (C=O) groups excluding carboxylic acids is 1. The molecule has 0 aromatic heterocycles. The topological polar surface area (TPSA) is 66.8 Å². The minimum absolute atomic E-state index is 0.000185. The maximum Gasteiger partial charge on any atom is 0.410 e. The number of nitrogens with zero attached hydrogens (tertiary/aromatic N) is 1. The van der Waals surface area contributed by atoms with Gasteiger partial charge in [-0.05, 0) is 6.42 Å². The highest BCUT2D eigenvalue weighted by atomic mass is 16.6. The highest BCUT2D eigenvalue weighted by molar-refractivity contribution is 5.71. The predicted octanol–water partition coefficient (Wildman–Crippen LogP) is 0.302. The highest BCUT2D eigenvalue weighted by Crippen LogP contribution is 2.29. The Labute approximate surface area is 75.3 Å². The third kappa shape index (κ3) is 1.46. The van der Waals surface area contributed by atoms with Gasteiger partial charge in [0, 0.05) is 12.5 Å². The largest absolute Gasteiger partial charge is 0.481 e. The number of piperidine rings is 1. The van der Waals surface area contributed by atoms with Gasteiger partial charge in [-0.3, -0.25) is 4.79 Å². The van der Waals surface area contributed by atoms with Crippen LogP contribution in [0.25, 0.3) is 0 Å². The summed E-state index contributed by atoms with van der Waals surface area (Å²) in [6.45, 7) is 1.20. The van der Waals surface area contributed by atoms with Crippen molar-refractivity contribution in [3.8, 4) is 0 Å². The van der Waals surface area contributed by atoms with Gasteiger partial charge in [0.1, 0.15) is 6.10 Å². The average molecular weight is 185 g/mol. The number of ether oxygens (including phenoxy) is 1. The molecule has 2 heterocycles. The average Bonchev–Trinajstić information content (AvgIpc) is 2.34. The van der Waals surface area contributed by atoms with Gasteiger partial charge in [-0.1, -0.05) is 0 Å². The molecule has 2 aliphatic heterocycles. The second kappa shape index (κ2) is 2.90. The van der Waals surface area contributed by atoms with Gasteiger partial charge in [-0.25, -0.2) is 4.79 Å². The van der Waals surface area contributed by atoms with Gasteiger partial charge in [0.25, 0.3) is 0 Å². The van der Waals surface area contributed by atoms with E-state index >= 15 is 0 Å². The fraction of sp³-hybridized carbons (Fsp3) is 0.750. The summed E-state index contributed by atoms with van der Waals surface area (Å²) in [6, 6.07) is 0. The third-order valence-electron chi connectivity index (χ3n) is 2.64. The molecule has 1 amide bonds. The first kappa shape index (κ1) is 8.34. The van der Waals surface area contributed by atoms with E-state index in [2.05, 4.69) is 0 Å². The lowest BCUT2D eigenvalue weighted by Gasteiger charge is -2.25. The summed E-state index contributed by atoms with van der Waals surface area (Å²) in [5.41, 5.74) is 0. The Hall–Kier alpha value is -1.26. The molecule has 0 spiro atoms. The van der Waals surface area contributed by atoms with Crippen molar-refractivity contribution in [1.29, 1.82) is 0 Å². The summed E-state index contributed by atoms with van der Waals surface area (Å²) in [4.78, 5) is 23.1. The van der Waals surface area contributed by atoms with E-state index in [9.17, 15) is 9.59 Å². The number of hydrogen-bond acceptors (Lipinski definition) is 3. The Bertz CT molecular complexity index is 253. The number of rotatable bonds is 2. The Morgan fingerprint density at radius 1 is 1.69 bits per heavy atom. The van der Waals surface area contributed by atoms with Gasteiger partial charge in [0.15, 0.2) is 0 Å². The van der Waals surface area contributed by atoms with Crippen molar-refractivity contribution in [2.24, 2.45) is 5.92 Å². The van der Waals surface area contributed by atoms with Gasteiger partial charge >= 0.3 is 12.1 Å².